The minimum atomic E-state index is -0.409. The highest BCUT2D eigenvalue weighted by molar-refractivity contribution is 7.18. The van der Waals surface area contributed by atoms with E-state index in [0.717, 1.165) is 16.9 Å². The van der Waals surface area contributed by atoms with Crippen LogP contribution in [0.3, 0.4) is 0 Å². The summed E-state index contributed by atoms with van der Waals surface area (Å²) in [4.78, 5) is 36.1. The molecule has 0 atom stereocenters. The summed E-state index contributed by atoms with van der Waals surface area (Å²) in [6.07, 6.45) is 1.42. The van der Waals surface area contributed by atoms with Gasteiger partial charge < -0.3 is 19.8 Å². The van der Waals surface area contributed by atoms with Gasteiger partial charge in [-0.25, -0.2) is 4.79 Å². The van der Waals surface area contributed by atoms with Gasteiger partial charge in [0, 0.05) is 6.54 Å². The summed E-state index contributed by atoms with van der Waals surface area (Å²) in [5.74, 6) is -0.840. The van der Waals surface area contributed by atoms with Crippen molar-refractivity contribution in [3.8, 4) is 0 Å². The second-order valence-electron chi connectivity index (χ2n) is 5.47. The summed E-state index contributed by atoms with van der Waals surface area (Å²) < 4.78 is 9.67. The van der Waals surface area contributed by atoms with Crippen LogP contribution in [0.4, 0.5) is 5.00 Å². The number of benzene rings is 1. The van der Waals surface area contributed by atoms with E-state index < -0.39 is 5.97 Å². The molecule has 2 amide bonds. The molecule has 7 nitrogen and oxygen atoms in total. The van der Waals surface area contributed by atoms with Crippen LogP contribution in [0.5, 0.6) is 0 Å². The number of furan rings is 1. The van der Waals surface area contributed by atoms with Crippen LogP contribution in [0, 0.1) is 0 Å². The molecule has 2 heterocycles. The highest BCUT2D eigenvalue weighted by atomic mass is 32.1. The number of anilines is 1. The Hall–Kier alpha value is -3.39. The first-order valence-electron chi connectivity index (χ1n) is 7.97. The molecule has 1 aromatic carbocycles. The molecule has 0 aliphatic heterocycles. The van der Waals surface area contributed by atoms with Gasteiger partial charge in [-0.2, -0.15) is 0 Å². The maximum atomic E-state index is 12.3. The van der Waals surface area contributed by atoms with Crippen molar-refractivity contribution in [3.63, 3.8) is 0 Å². The molecular formula is C19H16N2O5S. The van der Waals surface area contributed by atoms with Gasteiger partial charge in [0.05, 0.1) is 28.8 Å². The molecule has 0 aliphatic carbocycles. The van der Waals surface area contributed by atoms with Crippen molar-refractivity contribution in [3.05, 3.63) is 76.6 Å². The lowest BCUT2D eigenvalue weighted by molar-refractivity contribution is 0.0600. The van der Waals surface area contributed by atoms with Gasteiger partial charge in [-0.1, -0.05) is 12.1 Å². The summed E-state index contributed by atoms with van der Waals surface area (Å²) >= 11 is 1.16. The number of nitrogens with one attached hydrogen (secondary N) is 2. The molecule has 0 spiro atoms. The van der Waals surface area contributed by atoms with Crippen LogP contribution < -0.4 is 10.6 Å². The first-order chi connectivity index (χ1) is 13.1. The van der Waals surface area contributed by atoms with Crippen LogP contribution in [0.2, 0.25) is 0 Å². The summed E-state index contributed by atoms with van der Waals surface area (Å²) in [6.45, 7) is 0.312. The summed E-state index contributed by atoms with van der Waals surface area (Å²) in [5, 5.41) is 6.02. The number of carbonyl (C=O) groups excluding carboxylic acids is 3. The van der Waals surface area contributed by atoms with Gasteiger partial charge >= 0.3 is 5.97 Å². The van der Waals surface area contributed by atoms with Crippen LogP contribution in [0.1, 0.15) is 36.1 Å². The molecule has 0 fully saturated rings. The van der Waals surface area contributed by atoms with Gasteiger partial charge in [0.2, 0.25) is 0 Å². The van der Waals surface area contributed by atoms with Gasteiger partial charge in [0.15, 0.2) is 5.76 Å². The van der Waals surface area contributed by atoms with E-state index in [1.54, 1.807) is 48.5 Å². The van der Waals surface area contributed by atoms with Crippen LogP contribution in [0.25, 0.3) is 0 Å². The van der Waals surface area contributed by atoms with Crippen molar-refractivity contribution in [1.29, 1.82) is 0 Å². The third-order valence-corrected chi connectivity index (χ3v) is 4.64. The molecule has 0 bridgehead atoms. The zero-order chi connectivity index (χ0) is 19.2. The van der Waals surface area contributed by atoms with E-state index in [4.69, 9.17) is 4.42 Å². The van der Waals surface area contributed by atoms with Crippen molar-refractivity contribution >= 4 is 34.1 Å². The van der Waals surface area contributed by atoms with Gasteiger partial charge in [0.1, 0.15) is 0 Å². The monoisotopic (exact) mass is 384 g/mol. The fourth-order valence-electron chi connectivity index (χ4n) is 2.25. The minimum absolute atomic E-state index is 0.199. The number of rotatable bonds is 6. The zero-order valence-corrected chi connectivity index (χ0v) is 15.2. The molecule has 3 rings (SSSR count). The van der Waals surface area contributed by atoms with Crippen LogP contribution in [-0.2, 0) is 11.3 Å². The molecule has 8 heteroatoms. The predicted molar refractivity (Wildman–Crippen MR) is 99.9 cm³/mol. The quantitative estimate of drug-likeness (QED) is 0.636. The molecule has 0 aliphatic rings. The van der Waals surface area contributed by atoms with Gasteiger partial charge in [-0.05, 0) is 42.0 Å². The van der Waals surface area contributed by atoms with Crippen molar-refractivity contribution in [1.82, 2.24) is 5.32 Å². The second-order valence-corrected chi connectivity index (χ2v) is 6.55. The van der Waals surface area contributed by atoms with E-state index in [-0.39, 0.29) is 17.6 Å². The molecule has 0 unspecified atom stereocenters. The number of esters is 1. The van der Waals surface area contributed by atoms with Gasteiger partial charge in [0.25, 0.3) is 11.8 Å². The standard InChI is InChI=1S/C19H16N2O5S/c1-25-19(24)13-6-4-12(5-7-13)11-20-18(23)15-8-9-16(27-15)21-17(22)14-3-2-10-26-14/h2-10H,11H2,1H3,(H,20,23)(H,21,22). The van der Waals surface area contributed by atoms with Crippen LogP contribution in [0.15, 0.2) is 59.2 Å². The summed E-state index contributed by atoms with van der Waals surface area (Å²) in [7, 11) is 1.32. The highest BCUT2D eigenvalue weighted by Gasteiger charge is 2.13. The number of carbonyl (C=O) groups is 3. The molecule has 138 valence electrons. The Morgan fingerprint density at radius 2 is 1.81 bits per heavy atom. The third-order valence-electron chi connectivity index (χ3n) is 3.64. The van der Waals surface area contributed by atoms with Gasteiger partial charge in [-0.15, -0.1) is 11.3 Å². The molecule has 0 radical (unpaired) electrons. The molecule has 2 N–H and O–H groups in total. The Bertz CT molecular complexity index is 945. The lowest BCUT2D eigenvalue weighted by Crippen LogP contribution is -2.21. The molecule has 0 saturated carbocycles. The number of thiophene rings is 1. The largest absolute Gasteiger partial charge is 0.465 e. The Morgan fingerprint density at radius 3 is 2.48 bits per heavy atom. The van der Waals surface area contributed by atoms with E-state index in [1.165, 1.54) is 13.4 Å². The maximum Gasteiger partial charge on any atom is 0.337 e. The Kier molecular flexibility index (Phi) is 5.68. The van der Waals surface area contributed by atoms with Crippen molar-refractivity contribution in [2.75, 3.05) is 12.4 Å². The van der Waals surface area contributed by atoms with E-state index in [2.05, 4.69) is 15.4 Å². The van der Waals surface area contributed by atoms with Gasteiger partial charge in [-0.3, -0.25) is 9.59 Å². The van der Waals surface area contributed by atoms with E-state index in [9.17, 15) is 14.4 Å². The number of hydrogen-bond donors (Lipinski definition) is 2. The lowest BCUT2D eigenvalue weighted by atomic mass is 10.1. The average molecular weight is 384 g/mol. The Morgan fingerprint density at radius 1 is 1.04 bits per heavy atom. The fraction of sp³-hybridized carbons (Fsp3) is 0.105. The lowest BCUT2D eigenvalue weighted by Gasteiger charge is -2.05. The van der Waals surface area contributed by atoms with Crippen molar-refractivity contribution < 1.29 is 23.5 Å². The highest BCUT2D eigenvalue weighted by Crippen LogP contribution is 2.22. The SMILES string of the molecule is COC(=O)c1ccc(CNC(=O)c2ccc(NC(=O)c3ccco3)s2)cc1. The van der Waals surface area contributed by atoms with Crippen molar-refractivity contribution in [2.24, 2.45) is 0 Å². The Balaban J connectivity index is 1.55. The second kappa shape index (κ2) is 8.33. The van der Waals surface area contributed by atoms with Crippen LogP contribution in [-0.4, -0.2) is 24.9 Å². The first-order valence-corrected chi connectivity index (χ1v) is 8.78. The molecular weight excluding hydrogens is 368 g/mol. The maximum absolute atomic E-state index is 12.3. The smallest absolute Gasteiger partial charge is 0.337 e. The van der Waals surface area contributed by atoms with E-state index in [1.807, 2.05) is 0 Å². The average Bonchev–Trinajstić information content (AvgIpc) is 3.38. The normalized spacial score (nSPS) is 10.3. The van der Waals surface area contributed by atoms with E-state index >= 15 is 0 Å². The topological polar surface area (TPSA) is 97.6 Å². The fourth-order valence-corrected chi connectivity index (χ4v) is 3.07. The number of ether oxygens (including phenoxy) is 1. The van der Waals surface area contributed by atoms with Crippen LogP contribution >= 0.6 is 11.3 Å². The number of methoxy groups -OCH3 is 1. The molecule has 2 aromatic heterocycles. The predicted octanol–water partition coefficient (Wildman–Crippen LogP) is 3.31. The third kappa shape index (κ3) is 4.62. The summed E-state index contributed by atoms with van der Waals surface area (Å²) in [6, 6.07) is 13.2. The first kappa shape index (κ1) is 18.4. The molecule has 27 heavy (non-hydrogen) atoms. The zero-order valence-electron chi connectivity index (χ0n) is 14.4. The number of hydrogen-bond acceptors (Lipinski definition) is 6. The Labute approximate surface area is 159 Å². The van der Waals surface area contributed by atoms with E-state index in [0.29, 0.717) is 22.0 Å². The molecule has 0 saturated heterocycles. The summed E-state index contributed by atoms with van der Waals surface area (Å²) in [5.41, 5.74) is 1.29. The van der Waals surface area contributed by atoms with Crippen molar-refractivity contribution in [2.45, 2.75) is 6.54 Å². The molecule has 3 aromatic rings. The number of amides is 2. The minimum Gasteiger partial charge on any atom is -0.465 e.